The van der Waals surface area contributed by atoms with E-state index in [1.807, 2.05) is 6.92 Å². The van der Waals surface area contributed by atoms with E-state index >= 15 is 0 Å². The van der Waals surface area contributed by atoms with Crippen LogP contribution in [-0.2, 0) is 0 Å². The second-order valence-electron chi connectivity index (χ2n) is 4.50. The summed E-state index contributed by atoms with van der Waals surface area (Å²) in [6.45, 7) is 2.93. The van der Waals surface area contributed by atoms with E-state index in [0.717, 1.165) is 5.56 Å². The maximum Gasteiger partial charge on any atom is 0.256 e. The molecule has 1 aliphatic rings. The summed E-state index contributed by atoms with van der Waals surface area (Å²) >= 11 is 0. The van der Waals surface area contributed by atoms with Crippen molar-refractivity contribution in [2.24, 2.45) is 0 Å². The highest BCUT2D eigenvalue weighted by Crippen LogP contribution is 2.32. The standard InChI is InChI=1S/C15H14N2O3/c1-10-9-16-5-4-12(10)15(18)17-11-2-3-13-14(8-11)20-7-6-19-13/h2-5,8-9H,6-7H2,1H3,(H,17,18). The van der Waals surface area contributed by atoms with E-state index in [2.05, 4.69) is 10.3 Å². The molecule has 102 valence electrons. The van der Waals surface area contributed by atoms with Gasteiger partial charge in [-0.05, 0) is 30.7 Å². The number of anilines is 1. The zero-order valence-corrected chi connectivity index (χ0v) is 11.1. The molecule has 0 atom stereocenters. The molecule has 0 fully saturated rings. The molecule has 0 unspecified atom stereocenters. The molecule has 1 aliphatic heterocycles. The molecular weight excluding hydrogens is 256 g/mol. The first-order valence-corrected chi connectivity index (χ1v) is 6.35. The lowest BCUT2D eigenvalue weighted by Crippen LogP contribution is -2.17. The van der Waals surface area contributed by atoms with Crippen molar-refractivity contribution in [2.75, 3.05) is 18.5 Å². The molecule has 0 saturated carbocycles. The Hall–Kier alpha value is -2.56. The van der Waals surface area contributed by atoms with Gasteiger partial charge in [-0.2, -0.15) is 0 Å². The minimum atomic E-state index is -0.165. The zero-order valence-electron chi connectivity index (χ0n) is 11.1. The van der Waals surface area contributed by atoms with Gasteiger partial charge in [-0.25, -0.2) is 0 Å². The fraction of sp³-hybridized carbons (Fsp3) is 0.200. The predicted octanol–water partition coefficient (Wildman–Crippen LogP) is 2.41. The van der Waals surface area contributed by atoms with E-state index in [0.29, 0.717) is 36.0 Å². The molecule has 5 nitrogen and oxygen atoms in total. The van der Waals surface area contributed by atoms with Gasteiger partial charge in [-0.15, -0.1) is 0 Å². The summed E-state index contributed by atoms with van der Waals surface area (Å²) in [6, 6.07) is 7.05. The molecule has 5 heteroatoms. The van der Waals surface area contributed by atoms with Crippen molar-refractivity contribution in [2.45, 2.75) is 6.92 Å². The summed E-state index contributed by atoms with van der Waals surface area (Å²) in [5.41, 5.74) is 2.12. The molecule has 2 aromatic rings. The van der Waals surface area contributed by atoms with Crippen LogP contribution in [0.5, 0.6) is 11.5 Å². The second kappa shape index (κ2) is 5.21. The van der Waals surface area contributed by atoms with Crippen molar-refractivity contribution in [3.63, 3.8) is 0 Å². The van der Waals surface area contributed by atoms with Gasteiger partial charge in [0, 0.05) is 29.7 Å². The molecule has 1 amide bonds. The van der Waals surface area contributed by atoms with Crippen molar-refractivity contribution in [1.29, 1.82) is 0 Å². The largest absolute Gasteiger partial charge is 0.486 e. The number of carbonyl (C=O) groups excluding carboxylic acids is 1. The Labute approximate surface area is 116 Å². The Morgan fingerprint density at radius 2 is 2.00 bits per heavy atom. The van der Waals surface area contributed by atoms with Crippen molar-refractivity contribution in [3.05, 3.63) is 47.8 Å². The number of aromatic nitrogens is 1. The number of hydrogen-bond acceptors (Lipinski definition) is 4. The second-order valence-corrected chi connectivity index (χ2v) is 4.50. The van der Waals surface area contributed by atoms with Gasteiger partial charge in [0.2, 0.25) is 0 Å². The van der Waals surface area contributed by atoms with Gasteiger partial charge in [0.1, 0.15) is 13.2 Å². The van der Waals surface area contributed by atoms with Gasteiger partial charge in [0.25, 0.3) is 5.91 Å². The van der Waals surface area contributed by atoms with Crippen molar-refractivity contribution in [1.82, 2.24) is 4.98 Å². The topological polar surface area (TPSA) is 60.5 Å². The minimum Gasteiger partial charge on any atom is -0.486 e. The number of pyridine rings is 1. The third kappa shape index (κ3) is 2.42. The first-order valence-electron chi connectivity index (χ1n) is 6.35. The molecule has 0 radical (unpaired) electrons. The summed E-state index contributed by atoms with van der Waals surface area (Å²) in [7, 11) is 0. The highest BCUT2D eigenvalue weighted by atomic mass is 16.6. The third-order valence-corrected chi connectivity index (χ3v) is 3.06. The van der Waals surface area contributed by atoms with Crippen molar-refractivity contribution < 1.29 is 14.3 Å². The van der Waals surface area contributed by atoms with E-state index < -0.39 is 0 Å². The Morgan fingerprint density at radius 1 is 1.20 bits per heavy atom. The van der Waals surface area contributed by atoms with Crippen LogP contribution in [0.2, 0.25) is 0 Å². The number of ether oxygens (including phenoxy) is 2. The normalized spacial score (nSPS) is 12.8. The lowest BCUT2D eigenvalue weighted by Gasteiger charge is -2.19. The fourth-order valence-corrected chi connectivity index (χ4v) is 2.05. The molecule has 1 N–H and O–H groups in total. The first-order chi connectivity index (χ1) is 9.74. The van der Waals surface area contributed by atoms with Crippen molar-refractivity contribution >= 4 is 11.6 Å². The van der Waals surface area contributed by atoms with Crippen LogP contribution >= 0.6 is 0 Å². The summed E-state index contributed by atoms with van der Waals surface area (Å²) < 4.78 is 10.9. The van der Waals surface area contributed by atoms with Crippen LogP contribution in [0.4, 0.5) is 5.69 Å². The highest BCUT2D eigenvalue weighted by molar-refractivity contribution is 6.05. The van der Waals surface area contributed by atoms with Crippen LogP contribution in [0.3, 0.4) is 0 Å². The first kappa shape index (κ1) is 12.5. The summed E-state index contributed by atoms with van der Waals surface area (Å²) in [6.07, 6.45) is 3.27. The molecule has 1 aromatic carbocycles. The number of benzene rings is 1. The van der Waals surface area contributed by atoms with E-state index in [4.69, 9.17) is 9.47 Å². The average Bonchev–Trinajstić information content (AvgIpc) is 2.47. The number of nitrogens with zero attached hydrogens (tertiary/aromatic N) is 1. The SMILES string of the molecule is Cc1cnccc1C(=O)Nc1ccc2c(c1)OCCO2. The van der Waals surface area contributed by atoms with Crippen molar-refractivity contribution in [3.8, 4) is 11.5 Å². The number of nitrogens with one attached hydrogen (secondary N) is 1. The van der Waals surface area contributed by atoms with Crippen LogP contribution in [0.1, 0.15) is 15.9 Å². The Balaban J connectivity index is 1.81. The molecule has 0 spiro atoms. The lowest BCUT2D eigenvalue weighted by molar-refractivity contribution is 0.102. The number of amides is 1. The van der Waals surface area contributed by atoms with Gasteiger partial charge >= 0.3 is 0 Å². The number of hydrogen-bond donors (Lipinski definition) is 1. The molecule has 1 aromatic heterocycles. The fourth-order valence-electron chi connectivity index (χ4n) is 2.05. The predicted molar refractivity (Wildman–Crippen MR) is 74.4 cm³/mol. The smallest absolute Gasteiger partial charge is 0.256 e. The Kier molecular flexibility index (Phi) is 3.25. The van der Waals surface area contributed by atoms with Gasteiger partial charge in [-0.1, -0.05) is 0 Å². The Bertz CT molecular complexity index is 655. The van der Waals surface area contributed by atoms with E-state index in [1.165, 1.54) is 0 Å². The molecule has 20 heavy (non-hydrogen) atoms. The highest BCUT2D eigenvalue weighted by Gasteiger charge is 2.14. The van der Waals surface area contributed by atoms with Crippen LogP contribution in [0, 0.1) is 6.92 Å². The average molecular weight is 270 g/mol. The van der Waals surface area contributed by atoms with Crippen LogP contribution in [-0.4, -0.2) is 24.1 Å². The van der Waals surface area contributed by atoms with Gasteiger partial charge in [0.15, 0.2) is 11.5 Å². The summed E-state index contributed by atoms with van der Waals surface area (Å²) in [5.74, 6) is 1.19. The minimum absolute atomic E-state index is 0.165. The van der Waals surface area contributed by atoms with E-state index in [1.54, 1.807) is 36.7 Å². The number of rotatable bonds is 2. The summed E-state index contributed by atoms with van der Waals surface area (Å²) in [4.78, 5) is 16.2. The van der Waals surface area contributed by atoms with Crippen LogP contribution in [0.15, 0.2) is 36.7 Å². The molecule has 0 aliphatic carbocycles. The molecule has 0 bridgehead atoms. The zero-order chi connectivity index (χ0) is 13.9. The van der Waals surface area contributed by atoms with Crippen LogP contribution in [0.25, 0.3) is 0 Å². The number of aryl methyl sites for hydroxylation is 1. The lowest BCUT2D eigenvalue weighted by atomic mass is 10.1. The molecule has 3 rings (SSSR count). The number of carbonyl (C=O) groups is 1. The third-order valence-electron chi connectivity index (χ3n) is 3.06. The Morgan fingerprint density at radius 3 is 2.80 bits per heavy atom. The maximum absolute atomic E-state index is 12.2. The molecular formula is C15H14N2O3. The van der Waals surface area contributed by atoms with Gasteiger partial charge in [0.05, 0.1) is 0 Å². The summed E-state index contributed by atoms with van der Waals surface area (Å²) in [5, 5.41) is 2.85. The van der Waals surface area contributed by atoms with Gasteiger partial charge in [-0.3, -0.25) is 9.78 Å². The van der Waals surface area contributed by atoms with E-state index in [9.17, 15) is 4.79 Å². The van der Waals surface area contributed by atoms with Crippen LogP contribution < -0.4 is 14.8 Å². The quantitative estimate of drug-likeness (QED) is 0.910. The molecule has 2 heterocycles. The monoisotopic (exact) mass is 270 g/mol. The number of fused-ring (bicyclic) bond motifs is 1. The molecule has 0 saturated heterocycles. The van der Waals surface area contributed by atoms with E-state index in [-0.39, 0.29) is 5.91 Å². The van der Waals surface area contributed by atoms with Gasteiger partial charge < -0.3 is 14.8 Å². The maximum atomic E-state index is 12.2.